The summed E-state index contributed by atoms with van der Waals surface area (Å²) in [6.07, 6.45) is 6.70. The minimum atomic E-state index is -1.02. The SMILES string of the molecule is O=C(Cc1nccs1)Nc1cnc2[nH]cc(C=C(C(=O)O)c3ccccc3)c2c1. The zero-order valence-corrected chi connectivity index (χ0v) is 15.9. The lowest BCUT2D eigenvalue weighted by atomic mass is 10.0. The second kappa shape index (κ2) is 8.07. The Morgan fingerprint density at radius 2 is 2.03 bits per heavy atom. The van der Waals surface area contributed by atoms with Gasteiger partial charge in [0, 0.05) is 28.7 Å². The summed E-state index contributed by atoms with van der Waals surface area (Å²) in [4.78, 5) is 35.4. The van der Waals surface area contributed by atoms with Gasteiger partial charge in [0.1, 0.15) is 10.7 Å². The van der Waals surface area contributed by atoms with Gasteiger partial charge in [-0.25, -0.2) is 14.8 Å². The predicted octanol–water partition coefficient (Wildman–Crippen LogP) is 3.83. The number of H-pyrrole nitrogens is 1. The topological polar surface area (TPSA) is 108 Å². The first-order valence-corrected chi connectivity index (χ1v) is 9.64. The van der Waals surface area contributed by atoms with Crippen LogP contribution in [0.3, 0.4) is 0 Å². The van der Waals surface area contributed by atoms with Gasteiger partial charge in [-0.15, -0.1) is 11.3 Å². The Morgan fingerprint density at radius 3 is 2.76 bits per heavy atom. The standard InChI is InChI=1S/C21H16N4O3S/c26-18(10-19-22-6-7-29-19)25-15-9-16-14(11-23-20(16)24-12-15)8-17(21(27)28)13-4-2-1-3-5-13/h1-9,11-12H,10H2,(H,23,24)(H,25,26)(H,27,28). The summed E-state index contributed by atoms with van der Waals surface area (Å²) in [5.74, 6) is -1.21. The van der Waals surface area contributed by atoms with E-state index >= 15 is 0 Å². The number of carboxylic acid groups (broad SMARTS) is 1. The van der Waals surface area contributed by atoms with Crippen molar-refractivity contribution in [2.75, 3.05) is 5.32 Å². The molecule has 8 heteroatoms. The molecule has 1 amide bonds. The molecule has 7 nitrogen and oxygen atoms in total. The second-order valence-electron chi connectivity index (χ2n) is 6.24. The van der Waals surface area contributed by atoms with Crippen molar-refractivity contribution in [2.24, 2.45) is 0 Å². The number of benzene rings is 1. The minimum absolute atomic E-state index is 0.171. The van der Waals surface area contributed by atoms with E-state index in [-0.39, 0.29) is 17.9 Å². The van der Waals surface area contributed by atoms with Crippen molar-refractivity contribution in [1.82, 2.24) is 15.0 Å². The van der Waals surface area contributed by atoms with Crippen LogP contribution in [-0.2, 0) is 16.0 Å². The number of pyridine rings is 1. The third-order valence-electron chi connectivity index (χ3n) is 4.26. The summed E-state index contributed by atoms with van der Waals surface area (Å²) in [5, 5.41) is 15.7. The summed E-state index contributed by atoms with van der Waals surface area (Å²) in [6, 6.07) is 10.7. The zero-order chi connectivity index (χ0) is 20.2. The van der Waals surface area contributed by atoms with Gasteiger partial charge in [0.2, 0.25) is 5.91 Å². The van der Waals surface area contributed by atoms with Gasteiger partial charge in [0.05, 0.1) is 23.9 Å². The van der Waals surface area contributed by atoms with Crippen LogP contribution in [0, 0.1) is 0 Å². The number of rotatable bonds is 6. The molecule has 3 N–H and O–H groups in total. The molecule has 0 radical (unpaired) electrons. The highest BCUT2D eigenvalue weighted by atomic mass is 32.1. The highest BCUT2D eigenvalue weighted by molar-refractivity contribution is 7.09. The smallest absolute Gasteiger partial charge is 0.336 e. The average Bonchev–Trinajstić information content (AvgIpc) is 3.36. The van der Waals surface area contributed by atoms with Crippen molar-refractivity contribution in [1.29, 1.82) is 0 Å². The first kappa shape index (κ1) is 18.6. The molecule has 0 aliphatic carbocycles. The number of carbonyl (C=O) groups is 2. The van der Waals surface area contributed by atoms with Crippen LogP contribution in [-0.4, -0.2) is 31.9 Å². The molecule has 3 aromatic heterocycles. The van der Waals surface area contributed by atoms with Crippen molar-refractivity contribution in [3.8, 4) is 0 Å². The number of carbonyl (C=O) groups excluding carboxylic acids is 1. The molecule has 0 aliphatic heterocycles. The van der Waals surface area contributed by atoms with E-state index in [0.29, 0.717) is 27.8 Å². The Hall–Kier alpha value is -3.78. The molecule has 3 heterocycles. The zero-order valence-electron chi connectivity index (χ0n) is 15.1. The predicted molar refractivity (Wildman–Crippen MR) is 112 cm³/mol. The van der Waals surface area contributed by atoms with E-state index in [9.17, 15) is 14.7 Å². The molecule has 0 fully saturated rings. The fourth-order valence-electron chi connectivity index (χ4n) is 2.94. The molecule has 29 heavy (non-hydrogen) atoms. The van der Waals surface area contributed by atoms with E-state index in [1.165, 1.54) is 11.3 Å². The van der Waals surface area contributed by atoms with Gasteiger partial charge in [0.15, 0.2) is 0 Å². The maximum Gasteiger partial charge on any atom is 0.336 e. The fraction of sp³-hybridized carbons (Fsp3) is 0.0476. The Labute approximate surface area is 169 Å². The third-order valence-corrected chi connectivity index (χ3v) is 5.04. The fourth-order valence-corrected chi connectivity index (χ4v) is 3.55. The Balaban J connectivity index is 1.64. The third kappa shape index (κ3) is 4.22. The Kier molecular flexibility index (Phi) is 5.17. The van der Waals surface area contributed by atoms with Crippen LogP contribution in [0.25, 0.3) is 22.7 Å². The summed E-state index contributed by atoms with van der Waals surface area (Å²) in [7, 11) is 0. The molecule has 0 unspecified atom stereocenters. The quantitative estimate of drug-likeness (QED) is 0.423. The average molecular weight is 404 g/mol. The van der Waals surface area contributed by atoms with E-state index in [1.807, 2.05) is 11.4 Å². The van der Waals surface area contributed by atoms with E-state index in [0.717, 1.165) is 5.01 Å². The molecule has 144 valence electrons. The summed E-state index contributed by atoms with van der Waals surface area (Å²) < 4.78 is 0. The summed E-state index contributed by atoms with van der Waals surface area (Å²) in [5.41, 5.74) is 2.58. The lowest BCUT2D eigenvalue weighted by Gasteiger charge is -2.05. The molecular formula is C21H16N4O3S. The highest BCUT2D eigenvalue weighted by Crippen LogP contribution is 2.25. The van der Waals surface area contributed by atoms with Crippen molar-refractivity contribution in [2.45, 2.75) is 6.42 Å². The van der Waals surface area contributed by atoms with Crippen molar-refractivity contribution in [3.63, 3.8) is 0 Å². The number of aromatic nitrogens is 3. The van der Waals surface area contributed by atoms with Crippen LogP contribution < -0.4 is 5.32 Å². The maximum atomic E-state index is 12.2. The lowest BCUT2D eigenvalue weighted by Crippen LogP contribution is -2.14. The number of aromatic amines is 1. The number of carboxylic acids is 1. The number of fused-ring (bicyclic) bond motifs is 1. The van der Waals surface area contributed by atoms with Crippen molar-refractivity contribution in [3.05, 3.63) is 76.5 Å². The Bertz CT molecular complexity index is 1200. The number of anilines is 1. The molecule has 0 saturated heterocycles. The molecule has 0 aliphatic rings. The maximum absolute atomic E-state index is 12.2. The van der Waals surface area contributed by atoms with E-state index in [4.69, 9.17) is 0 Å². The van der Waals surface area contributed by atoms with Crippen LogP contribution >= 0.6 is 11.3 Å². The number of amides is 1. The lowest BCUT2D eigenvalue weighted by molar-refractivity contribution is -0.130. The molecular weight excluding hydrogens is 388 g/mol. The number of nitrogens with one attached hydrogen (secondary N) is 2. The van der Waals surface area contributed by atoms with Gasteiger partial charge in [-0.3, -0.25) is 4.79 Å². The van der Waals surface area contributed by atoms with E-state index in [2.05, 4.69) is 20.3 Å². The second-order valence-corrected chi connectivity index (χ2v) is 7.22. The van der Waals surface area contributed by atoms with Crippen LogP contribution in [0.15, 0.2) is 60.4 Å². The van der Waals surface area contributed by atoms with Gasteiger partial charge in [0.25, 0.3) is 0 Å². The van der Waals surface area contributed by atoms with Crippen LogP contribution in [0.2, 0.25) is 0 Å². The molecule has 4 aromatic rings. The van der Waals surface area contributed by atoms with E-state index < -0.39 is 5.97 Å². The molecule has 0 atom stereocenters. The van der Waals surface area contributed by atoms with Crippen LogP contribution in [0.5, 0.6) is 0 Å². The van der Waals surface area contributed by atoms with Crippen molar-refractivity contribution >= 4 is 51.6 Å². The van der Waals surface area contributed by atoms with Crippen LogP contribution in [0.1, 0.15) is 16.1 Å². The molecule has 0 bridgehead atoms. The van der Waals surface area contributed by atoms with Crippen molar-refractivity contribution < 1.29 is 14.7 Å². The molecule has 0 spiro atoms. The normalized spacial score (nSPS) is 11.5. The van der Waals surface area contributed by atoms with Gasteiger partial charge in [-0.1, -0.05) is 30.3 Å². The van der Waals surface area contributed by atoms with E-state index in [1.54, 1.807) is 55.0 Å². The van der Waals surface area contributed by atoms with Gasteiger partial charge in [-0.2, -0.15) is 0 Å². The van der Waals surface area contributed by atoms with Crippen LogP contribution in [0.4, 0.5) is 5.69 Å². The number of thiazole rings is 1. The molecule has 1 aromatic carbocycles. The largest absolute Gasteiger partial charge is 0.478 e. The molecule has 0 saturated carbocycles. The molecule has 4 rings (SSSR count). The Morgan fingerprint density at radius 1 is 1.21 bits per heavy atom. The number of aliphatic carboxylic acids is 1. The number of hydrogen-bond acceptors (Lipinski definition) is 5. The highest BCUT2D eigenvalue weighted by Gasteiger charge is 2.13. The van der Waals surface area contributed by atoms with Gasteiger partial charge >= 0.3 is 5.97 Å². The first-order chi connectivity index (χ1) is 14.1. The van der Waals surface area contributed by atoms with Gasteiger partial charge in [-0.05, 0) is 17.7 Å². The first-order valence-electron chi connectivity index (χ1n) is 8.76. The monoisotopic (exact) mass is 404 g/mol. The summed E-state index contributed by atoms with van der Waals surface area (Å²) >= 11 is 1.42. The minimum Gasteiger partial charge on any atom is -0.478 e. The number of nitrogens with zero attached hydrogens (tertiary/aromatic N) is 2. The van der Waals surface area contributed by atoms with Gasteiger partial charge < -0.3 is 15.4 Å². The summed E-state index contributed by atoms with van der Waals surface area (Å²) in [6.45, 7) is 0. The number of hydrogen-bond donors (Lipinski definition) is 3.